The molecule has 0 radical (unpaired) electrons. The van der Waals surface area contributed by atoms with Gasteiger partial charge in [-0.25, -0.2) is 4.98 Å². The van der Waals surface area contributed by atoms with Gasteiger partial charge in [0.05, 0.1) is 34.4 Å². The fourth-order valence-corrected chi connectivity index (χ4v) is 6.55. The zero-order valence-corrected chi connectivity index (χ0v) is 21.8. The molecule has 0 bridgehead atoms. The lowest BCUT2D eigenvalue weighted by Gasteiger charge is -2.44. The molecular weight excluding hydrogens is 482 g/mol. The third-order valence-electron chi connectivity index (χ3n) is 7.86. The Morgan fingerprint density at radius 1 is 1.16 bits per heavy atom. The molecule has 2 aliphatic heterocycles. The lowest BCUT2D eigenvalue weighted by molar-refractivity contribution is 0.0498. The Morgan fingerprint density at radius 2 is 1.89 bits per heavy atom. The molecule has 7 nitrogen and oxygen atoms in total. The zero-order chi connectivity index (χ0) is 26.3. The molecule has 8 heteroatoms. The molecule has 2 aromatic carbocycles. The fraction of sp³-hybridized carbons (Fsp3) is 0.414. The normalized spacial score (nSPS) is 23.5. The molecule has 1 unspecified atom stereocenters. The fourth-order valence-electron chi connectivity index (χ4n) is 6.13. The van der Waals surface area contributed by atoms with Crippen LogP contribution >= 0.6 is 0 Å². The van der Waals surface area contributed by atoms with Crippen molar-refractivity contribution in [2.45, 2.75) is 54.8 Å². The van der Waals surface area contributed by atoms with Gasteiger partial charge in [0.1, 0.15) is 12.8 Å². The van der Waals surface area contributed by atoms with Crippen molar-refractivity contribution < 1.29 is 10.4 Å². The van der Waals surface area contributed by atoms with Crippen molar-refractivity contribution in [1.29, 1.82) is 5.26 Å². The van der Waals surface area contributed by atoms with Crippen molar-refractivity contribution in [3.63, 3.8) is 0 Å². The lowest BCUT2D eigenvalue weighted by Crippen LogP contribution is -2.62. The van der Waals surface area contributed by atoms with Gasteiger partial charge in [0.25, 0.3) is 0 Å². The molecule has 3 aliphatic rings. The second-order valence-electron chi connectivity index (χ2n) is 10.5. The molecule has 1 saturated heterocycles. The van der Waals surface area contributed by atoms with Crippen LogP contribution in [0.25, 0.3) is 0 Å². The number of nitriles is 1. The molecule has 1 spiro atoms. The Morgan fingerprint density at radius 3 is 2.59 bits per heavy atom. The summed E-state index contributed by atoms with van der Waals surface area (Å²) in [6, 6.07) is 20.9. The van der Waals surface area contributed by atoms with Gasteiger partial charge in [-0.15, -0.1) is 0 Å². The Bertz CT molecular complexity index is 1400. The number of hydrogen-bond acceptors (Lipinski definition) is 7. The lowest BCUT2D eigenvalue weighted by atomic mass is 9.85. The Labute approximate surface area is 221 Å². The summed E-state index contributed by atoms with van der Waals surface area (Å²) in [6.07, 6.45) is 5.69. The van der Waals surface area contributed by atoms with E-state index in [1.807, 2.05) is 30.3 Å². The van der Waals surface area contributed by atoms with Crippen LogP contribution in [0.4, 0.5) is 5.82 Å². The van der Waals surface area contributed by atoms with E-state index in [1.165, 1.54) is 11.1 Å². The topological polar surface area (TPSA) is 91.1 Å². The van der Waals surface area contributed by atoms with Gasteiger partial charge in [0.2, 0.25) is 11.0 Å². The number of piperazine rings is 1. The number of benzene rings is 2. The summed E-state index contributed by atoms with van der Waals surface area (Å²) in [7, 11) is -1.38. The molecule has 1 aromatic heterocycles. The maximum atomic E-state index is 12.6. The van der Waals surface area contributed by atoms with Crippen LogP contribution in [0.5, 0.6) is 5.88 Å². The van der Waals surface area contributed by atoms with Crippen LogP contribution in [0.2, 0.25) is 1.41 Å². The van der Waals surface area contributed by atoms with Gasteiger partial charge in [-0.05, 0) is 36.0 Å². The highest BCUT2D eigenvalue weighted by Gasteiger charge is 2.44. The van der Waals surface area contributed by atoms with E-state index in [-0.39, 0.29) is 17.2 Å². The minimum Gasteiger partial charge on any atom is -0.470 e. The van der Waals surface area contributed by atoms with Crippen LogP contribution < -0.4 is 14.9 Å². The average molecular weight is 515 g/mol. The molecule has 0 saturated carbocycles. The Hall–Kier alpha value is -3.28. The SMILES string of the molecule is [2H]N1CCN(c2nc(S(C)=O)nc3c2CCC2(Cc4ccccc4C2)O3)C[C@@]1(CC#N)Cc1ccccc1. The van der Waals surface area contributed by atoms with Crippen LogP contribution in [-0.4, -0.2) is 51.2 Å². The van der Waals surface area contributed by atoms with E-state index in [0.29, 0.717) is 31.9 Å². The molecule has 1 aliphatic carbocycles. The van der Waals surface area contributed by atoms with Gasteiger partial charge >= 0.3 is 0 Å². The smallest absolute Gasteiger partial charge is 0.223 e. The predicted octanol–water partition coefficient (Wildman–Crippen LogP) is 3.38. The van der Waals surface area contributed by atoms with Crippen molar-refractivity contribution >= 4 is 16.6 Å². The number of hydrogen-bond donors (Lipinski definition) is 1. The van der Waals surface area contributed by atoms with Crippen molar-refractivity contribution in [1.82, 2.24) is 15.3 Å². The number of ether oxygens (including phenoxy) is 1. The average Bonchev–Trinajstić information content (AvgIpc) is 3.27. The van der Waals surface area contributed by atoms with Crippen molar-refractivity contribution in [2.24, 2.45) is 0 Å². The summed E-state index contributed by atoms with van der Waals surface area (Å²) in [5.74, 6) is 1.26. The Balaban J connectivity index is 1.36. The van der Waals surface area contributed by atoms with Gasteiger partial charge in [-0.3, -0.25) is 4.21 Å². The zero-order valence-electron chi connectivity index (χ0n) is 22.0. The van der Waals surface area contributed by atoms with E-state index in [1.54, 1.807) is 11.6 Å². The molecule has 1 N–H and O–H groups in total. The van der Waals surface area contributed by atoms with E-state index in [9.17, 15) is 9.47 Å². The van der Waals surface area contributed by atoms with E-state index < -0.39 is 16.3 Å². The highest BCUT2D eigenvalue weighted by molar-refractivity contribution is 7.84. The summed E-state index contributed by atoms with van der Waals surface area (Å²) in [5, 5.41) is 11.6. The van der Waals surface area contributed by atoms with Gasteiger partial charge in [-0.2, -0.15) is 10.2 Å². The van der Waals surface area contributed by atoms with Crippen molar-refractivity contribution in [2.75, 3.05) is 30.8 Å². The summed E-state index contributed by atoms with van der Waals surface area (Å²) < 4.78 is 28.1. The van der Waals surface area contributed by atoms with Gasteiger partial charge in [0.15, 0.2) is 0 Å². The number of fused-ring (bicyclic) bond motifs is 2. The standard InChI is InChI=1S/C29H31N5O2S/c1-37(35)27-32-25(34-16-15-31-28(20-34,13-14-30)17-21-7-3-2-4-8-21)24-11-12-29(36-26(24)33-27)18-22-9-5-6-10-23(22)19-29/h2-10,31H,11-13,15-20H2,1H3/t28-,37?/m1/s1/i/hD. The summed E-state index contributed by atoms with van der Waals surface area (Å²) in [4.78, 5) is 11.6. The second kappa shape index (κ2) is 9.55. The Kier molecular flexibility index (Phi) is 5.90. The summed E-state index contributed by atoms with van der Waals surface area (Å²) in [6.45, 7) is 1.52. The van der Waals surface area contributed by atoms with Crippen LogP contribution in [0, 0.1) is 11.3 Å². The first-order valence-corrected chi connectivity index (χ1v) is 14.4. The first-order chi connectivity index (χ1) is 18.4. The highest BCUT2D eigenvalue weighted by atomic mass is 32.2. The number of anilines is 1. The molecule has 2 atom stereocenters. The van der Waals surface area contributed by atoms with Crippen LogP contribution in [0.1, 0.15) is 35.1 Å². The monoisotopic (exact) mass is 514 g/mol. The predicted molar refractivity (Wildman–Crippen MR) is 143 cm³/mol. The molecule has 1 fully saturated rings. The molecule has 190 valence electrons. The molecule has 37 heavy (non-hydrogen) atoms. The van der Waals surface area contributed by atoms with E-state index in [0.717, 1.165) is 42.6 Å². The molecule has 0 amide bonds. The third kappa shape index (κ3) is 4.62. The van der Waals surface area contributed by atoms with Gasteiger partial charge < -0.3 is 14.9 Å². The molecule has 3 heterocycles. The minimum atomic E-state index is -1.38. The van der Waals surface area contributed by atoms with Crippen LogP contribution in [0.3, 0.4) is 0 Å². The second-order valence-corrected chi connectivity index (χ2v) is 11.8. The number of nitrogens with one attached hydrogen (secondary N) is 1. The third-order valence-corrected chi connectivity index (χ3v) is 8.55. The summed E-state index contributed by atoms with van der Waals surface area (Å²) >= 11 is 0. The van der Waals surface area contributed by atoms with Crippen molar-refractivity contribution in [3.8, 4) is 11.9 Å². The van der Waals surface area contributed by atoms with Gasteiger partial charge in [0, 0.05) is 38.7 Å². The van der Waals surface area contributed by atoms with Crippen LogP contribution in [-0.2, 0) is 36.5 Å². The summed E-state index contributed by atoms with van der Waals surface area (Å²) in [5.41, 5.74) is 3.63. The largest absolute Gasteiger partial charge is 0.470 e. The van der Waals surface area contributed by atoms with Gasteiger partial charge in [-0.1, -0.05) is 54.6 Å². The van der Waals surface area contributed by atoms with E-state index in [4.69, 9.17) is 11.1 Å². The number of rotatable bonds is 5. The quantitative estimate of drug-likeness (QED) is 0.522. The van der Waals surface area contributed by atoms with E-state index >= 15 is 0 Å². The maximum Gasteiger partial charge on any atom is 0.223 e. The van der Waals surface area contributed by atoms with Crippen molar-refractivity contribution in [3.05, 3.63) is 76.9 Å². The number of nitrogens with zero attached hydrogens (tertiary/aromatic N) is 4. The van der Waals surface area contributed by atoms with E-state index in [2.05, 4.69) is 40.2 Å². The first kappa shape index (κ1) is 22.9. The highest BCUT2D eigenvalue weighted by Crippen LogP contribution is 2.44. The maximum absolute atomic E-state index is 12.6. The number of aromatic nitrogens is 2. The molecule has 6 rings (SSSR count). The van der Waals surface area contributed by atoms with Crippen LogP contribution in [0.15, 0.2) is 59.8 Å². The molecule has 3 aromatic rings. The molecular formula is C29H31N5O2S. The first-order valence-electron chi connectivity index (χ1n) is 13.3. The minimum absolute atomic E-state index is 0.222.